The van der Waals surface area contributed by atoms with E-state index in [2.05, 4.69) is 10.6 Å². The van der Waals surface area contributed by atoms with Gasteiger partial charge in [0.1, 0.15) is 0 Å². The maximum atomic E-state index is 10.8. The lowest BCUT2D eigenvalue weighted by atomic mass is 10.2. The Morgan fingerprint density at radius 2 is 2.17 bits per heavy atom. The lowest BCUT2D eigenvalue weighted by Gasteiger charge is -2.06. The van der Waals surface area contributed by atoms with Crippen molar-refractivity contribution in [3.63, 3.8) is 0 Å². The maximum absolute atomic E-state index is 10.8. The van der Waals surface area contributed by atoms with Gasteiger partial charge in [0.2, 0.25) is 0 Å². The van der Waals surface area contributed by atoms with Crippen molar-refractivity contribution < 1.29 is 9.72 Å². The van der Waals surface area contributed by atoms with Crippen LogP contribution < -0.4 is 16.4 Å². The lowest BCUT2D eigenvalue weighted by molar-refractivity contribution is -0.385. The normalized spacial score (nSPS) is 10.1. The minimum atomic E-state index is -0.603. The predicted molar refractivity (Wildman–Crippen MR) is 67.4 cm³/mol. The Kier molecular flexibility index (Phi) is 5.34. The van der Waals surface area contributed by atoms with Gasteiger partial charge in [0.15, 0.2) is 0 Å². The first-order valence-electron chi connectivity index (χ1n) is 5.17. The van der Waals surface area contributed by atoms with Gasteiger partial charge in [-0.15, -0.1) is 0 Å². The molecule has 0 unspecified atom stereocenters. The number of halogens is 1. The number of carbonyl (C=O) groups excluding carboxylic acids is 1. The third kappa shape index (κ3) is 4.56. The van der Waals surface area contributed by atoms with Crippen molar-refractivity contribution in [3.05, 3.63) is 38.9 Å². The van der Waals surface area contributed by atoms with Crippen LogP contribution >= 0.6 is 11.6 Å². The zero-order valence-corrected chi connectivity index (χ0v) is 10.2. The van der Waals surface area contributed by atoms with Gasteiger partial charge >= 0.3 is 6.03 Å². The van der Waals surface area contributed by atoms with E-state index in [9.17, 15) is 14.9 Å². The highest BCUT2D eigenvalue weighted by Gasteiger charge is 2.13. The molecule has 0 spiro atoms. The monoisotopic (exact) mass is 272 g/mol. The van der Waals surface area contributed by atoms with Crippen LogP contribution in [0, 0.1) is 10.1 Å². The Hall–Kier alpha value is -1.86. The van der Waals surface area contributed by atoms with Gasteiger partial charge in [-0.3, -0.25) is 10.1 Å². The largest absolute Gasteiger partial charge is 0.352 e. The van der Waals surface area contributed by atoms with Gasteiger partial charge in [0.05, 0.1) is 4.92 Å². The smallest absolute Gasteiger partial charge is 0.312 e. The van der Waals surface area contributed by atoms with Gasteiger partial charge in [-0.05, 0) is 12.1 Å². The minimum Gasteiger partial charge on any atom is -0.352 e. The fourth-order valence-electron chi connectivity index (χ4n) is 1.35. The molecule has 0 aliphatic heterocycles. The predicted octanol–water partition coefficient (Wildman–Crippen LogP) is 1.01. The standard InChI is InChI=1S/C10H13ClN4O3/c11-8-2-1-7(9(5-8)15(17)18)6-13-3-4-14-10(12)16/h1-2,5,13H,3-4,6H2,(H3,12,14,16). The molecule has 0 saturated carbocycles. The molecule has 0 fully saturated rings. The second kappa shape index (κ2) is 6.77. The number of nitrogens with two attached hydrogens (primary N) is 1. The molecule has 4 N–H and O–H groups in total. The SMILES string of the molecule is NC(=O)NCCNCc1ccc(Cl)cc1[N+](=O)[O-]. The number of amides is 2. The molecule has 2 amide bonds. The van der Waals surface area contributed by atoms with E-state index in [4.69, 9.17) is 17.3 Å². The number of hydrogen-bond acceptors (Lipinski definition) is 4. The first kappa shape index (κ1) is 14.2. The Morgan fingerprint density at radius 1 is 1.44 bits per heavy atom. The molecule has 0 heterocycles. The summed E-state index contributed by atoms with van der Waals surface area (Å²) < 4.78 is 0. The number of benzene rings is 1. The Morgan fingerprint density at radius 3 is 2.78 bits per heavy atom. The first-order chi connectivity index (χ1) is 8.50. The zero-order valence-electron chi connectivity index (χ0n) is 9.48. The Balaban J connectivity index is 2.51. The number of nitrogens with one attached hydrogen (secondary N) is 2. The second-order valence-electron chi connectivity index (χ2n) is 3.50. The van der Waals surface area contributed by atoms with Gasteiger partial charge < -0.3 is 16.4 Å². The van der Waals surface area contributed by atoms with Crippen LogP contribution in [-0.4, -0.2) is 24.0 Å². The van der Waals surface area contributed by atoms with Crippen molar-refractivity contribution in [3.8, 4) is 0 Å². The van der Waals surface area contributed by atoms with Crippen molar-refractivity contribution in [1.29, 1.82) is 0 Å². The summed E-state index contributed by atoms with van der Waals surface area (Å²) in [7, 11) is 0. The van der Waals surface area contributed by atoms with E-state index in [1.165, 1.54) is 6.07 Å². The van der Waals surface area contributed by atoms with Crippen LogP contribution in [-0.2, 0) is 6.54 Å². The molecule has 18 heavy (non-hydrogen) atoms. The average molecular weight is 273 g/mol. The van der Waals surface area contributed by atoms with Crippen LogP contribution in [0.15, 0.2) is 18.2 Å². The quantitative estimate of drug-likeness (QED) is 0.408. The van der Waals surface area contributed by atoms with E-state index >= 15 is 0 Å². The summed E-state index contributed by atoms with van der Waals surface area (Å²) in [5.74, 6) is 0. The fraction of sp³-hybridized carbons (Fsp3) is 0.300. The Bertz CT molecular complexity index is 453. The van der Waals surface area contributed by atoms with Crippen molar-refractivity contribution in [2.24, 2.45) is 5.73 Å². The van der Waals surface area contributed by atoms with Crippen LogP contribution in [0.3, 0.4) is 0 Å². The number of nitrogens with zero attached hydrogens (tertiary/aromatic N) is 1. The van der Waals surface area contributed by atoms with E-state index in [1.54, 1.807) is 12.1 Å². The molecule has 1 aromatic rings. The number of nitro groups is 1. The minimum absolute atomic E-state index is 0.0298. The maximum Gasteiger partial charge on any atom is 0.312 e. The third-order valence-corrected chi connectivity index (χ3v) is 2.40. The van der Waals surface area contributed by atoms with Gasteiger partial charge in [-0.25, -0.2) is 4.79 Å². The molecule has 0 aromatic heterocycles. The number of rotatable bonds is 6. The van der Waals surface area contributed by atoms with Crippen molar-refractivity contribution >= 4 is 23.3 Å². The van der Waals surface area contributed by atoms with Gasteiger partial charge in [-0.1, -0.05) is 11.6 Å². The molecule has 7 nitrogen and oxygen atoms in total. The summed E-state index contributed by atoms with van der Waals surface area (Å²) in [6.45, 7) is 1.13. The van der Waals surface area contributed by atoms with Crippen molar-refractivity contribution in [2.45, 2.75) is 6.54 Å². The molecule has 1 aromatic carbocycles. The van der Waals surface area contributed by atoms with E-state index in [1.807, 2.05) is 0 Å². The second-order valence-corrected chi connectivity index (χ2v) is 3.93. The highest BCUT2D eigenvalue weighted by Crippen LogP contribution is 2.22. The van der Waals surface area contributed by atoms with Crippen molar-refractivity contribution in [2.75, 3.05) is 13.1 Å². The van der Waals surface area contributed by atoms with Crippen LogP contribution in [0.5, 0.6) is 0 Å². The lowest BCUT2D eigenvalue weighted by Crippen LogP contribution is -2.35. The van der Waals surface area contributed by atoms with Gasteiger partial charge in [0, 0.05) is 36.3 Å². The highest BCUT2D eigenvalue weighted by atomic mass is 35.5. The van der Waals surface area contributed by atoms with Crippen molar-refractivity contribution in [1.82, 2.24) is 10.6 Å². The van der Waals surface area contributed by atoms with Crippen LogP contribution in [0.2, 0.25) is 5.02 Å². The number of hydrogen-bond donors (Lipinski definition) is 3. The molecule has 0 aliphatic carbocycles. The third-order valence-electron chi connectivity index (χ3n) is 2.16. The molecule has 0 radical (unpaired) electrons. The highest BCUT2D eigenvalue weighted by molar-refractivity contribution is 6.30. The van der Waals surface area contributed by atoms with Gasteiger partial charge in [-0.2, -0.15) is 0 Å². The number of carbonyl (C=O) groups is 1. The summed E-state index contributed by atoms with van der Waals surface area (Å²) >= 11 is 5.69. The molecular formula is C10H13ClN4O3. The van der Waals surface area contributed by atoms with Crippen LogP contribution in [0.25, 0.3) is 0 Å². The van der Waals surface area contributed by atoms with Crippen LogP contribution in [0.4, 0.5) is 10.5 Å². The molecule has 0 atom stereocenters. The summed E-state index contributed by atoms with van der Waals surface area (Å²) in [4.78, 5) is 20.7. The molecule has 1 rings (SSSR count). The van der Waals surface area contributed by atoms with E-state index in [-0.39, 0.29) is 5.69 Å². The zero-order chi connectivity index (χ0) is 13.5. The molecule has 8 heteroatoms. The Labute approximate surface area is 108 Å². The molecule has 98 valence electrons. The summed E-state index contributed by atoms with van der Waals surface area (Å²) in [5.41, 5.74) is 5.39. The molecular weight excluding hydrogens is 260 g/mol. The van der Waals surface area contributed by atoms with E-state index in [0.29, 0.717) is 30.2 Å². The summed E-state index contributed by atoms with van der Waals surface area (Å²) in [6.07, 6.45) is 0. The molecule has 0 aliphatic rings. The fourth-order valence-corrected chi connectivity index (χ4v) is 1.52. The number of nitro benzene ring substituents is 1. The van der Waals surface area contributed by atoms with E-state index < -0.39 is 11.0 Å². The molecule has 0 bridgehead atoms. The summed E-state index contributed by atoms with van der Waals surface area (Å²) in [6, 6.07) is 3.89. The molecule has 0 saturated heterocycles. The number of urea groups is 1. The van der Waals surface area contributed by atoms with Gasteiger partial charge in [0.25, 0.3) is 5.69 Å². The topological polar surface area (TPSA) is 110 Å². The number of primary amides is 1. The summed E-state index contributed by atoms with van der Waals surface area (Å²) in [5, 5.41) is 16.5. The first-order valence-corrected chi connectivity index (χ1v) is 5.55. The average Bonchev–Trinajstić information content (AvgIpc) is 2.29. The van der Waals surface area contributed by atoms with E-state index in [0.717, 1.165) is 0 Å². The van der Waals surface area contributed by atoms with Crippen LogP contribution in [0.1, 0.15) is 5.56 Å².